The molecule has 0 fully saturated rings. The molecule has 0 aromatic carbocycles. The highest BCUT2D eigenvalue weighted by atomic mass is 14.8. The molecule has 2 atom stereocenters. The zero-order valence-corrected chi connectivity index (χ0v) is 14.1. The van der Waals surface area contributed by atoms with Crippen molar-refractivity contribution in [2.24, 2.45) is 11.8 Å². The lowest BCUT2D eigenvalue weighted by Gasteiger charge is -2.19. The molecular weight excluding hydrogens is 230 g/mol. The highest BCUT2D eigenvalue weighted by Crippen LogP contribution is 2.19. The lowest BCUT2D eigenvalue weighted by atomic mass is 9.89. The fraction of sp³-hybridized carbons (Fsp3) is 1.00. The van der Waals surface area contributed by atoms with Crippen molar-refractivity contribution in [1.82, 2.24) is 5.32 Å². The van der Waals surface area contributed by atoms with E-state index in [1.54, 1.807) is 0 Å². The SMILES string of the molecule is CCCCCCCCCNCCC(C)C(C)CCC. The molecule has 0 spiro atoms. The highest BCUT2D eigenvalue weighted by Gasteiger charge is 2.10. The molecule has 1 nitrogen and oxygen atoms in total. The summed E-state index contributed by atoms with van der Waals surface area (Å²) in [6.07, 6.45) is 13.9. The van der Waals surface area contributed by atoms with E-state index in [0.717, 1.165) is 11.8 Å². The topological polar surface area (TPSA) is 12.0 Å². The van der Waals surface area contributed by atoms with Crippen LogP contribution < -0.4 is 5.32 Å². The highest BCUT2D eigenvalue weighted by molar-refractivity contribution is 4.63. The molecule has 0 aliphatic rings. The summed E-state index contributed by atoms with van der Waals surface area (Å²) in [5.41, 5.74) is 0. The average molecular weight is 270 g/mol. The van der Waals surface area contributed by atoms with Crippen LogP contribution in [0.15, 0.2) is 0 Å². The van der Waals surface area contributed by atoms with Crippen molar-refractivity contribution in [2.45, 2.75) is 91.9 Å². The third-order valence-corrected chi connectivity index (χ3v) is 4.45. The Balaban J connectivity index is 3.18. The summed E-state index contributed by atoms with van der Waals surface area (Å²) < 4.78 is 0. The zero-order chi connectivity index (χ0) is 14.3. The molecule has 0 bridgehead atoms. The molecule has 2 unspecified atom stereocenters. The first-order chi connectivity index (χ1) is 9.22. The lowest BCUT2D eigenvalue weighted by molar-refractivity contribution is 0.336. The van der Waals surface area contributed by atoms with E-state index >= 15 is 0 Å². The van der Waals surface area contributed by atoms with Crippen molar-refractivity contribution in [2.75, 3.05) is 13.1 Å². The predicted molar refractivity (Wildman–Crippen MR) is 88.7 cm³/mol. The van der Waals surface area contributed by atoms with Crippen LogP contribution >= 0.6 is 0 Å². The molecule has 0 aliphatic carbocycles. The maximum Gasteiger partial charge on any atom is -0.00463 e. The van der Waals surface area contributed by atoms with Crippen LogP contribution in [0.1, 0.15) is 91.9 Å². The fourth-order valence-electron chi connectivity index (χ4n) is 2.69. The van der Waals surface area contributed by atoms with Gasteiger partial charge in [-0.15, -0.1) is 0 Å². The smallest absolute Gasteiger partial charge is 0.00463 e. The molecule has 0 rings (SSSR count). The fourth-order valence-corrected chi connectivity index (χ4v) is 2.69. The molecule has 116 valence electrons. The second kappa shape index (κ2) is 14.4. The quantitative estimate of drug-likeness (QED) is 0.394. The first-order valence-corrected chi connectivity index (χ1v) is 8.93. The third-order valence-electron chi connectivity index (χ3n) is 4.45. The Morgan fingerprint density at radius 1 is 0.632 bits per heavy atom. The van der Waals surface area contributed by atoms with Crippen LogP contribution in [-0.2, 0) is 0 Å². The molecule has 0 saturated heterocycles. The molecule has 19 heavy (non-hydrogen) atoms. The molecule has 0 heterocycles. The molecule has 0 aromatic heterocycles. The van der Waals surface area contributed by atoms with E-state index < -0.39 is 0 Å². The minimum absolute atomic E-state index is 0.876. The second-order valence-electron chi connectivity index (χ2n) is 6.40. The Morgan fingerprint density at radius 2 is 1.21 bits per heavy atom. The van der Waals surface area contributed by atoms with Gasteiger partial charge in [0.05, 0.1) is 0 Å². The van der Waals surface area contributed by atoms with Gasteiger partial charge in [0, 0.05) is 0 Å². The summed E-state index contributed by atoms with van der Waals surface area (Å²) in [5, 5.41) is 3.62. The van der Waals surface area contributed by atoms with Gasteiger partial charge in [0.1, 0.15) is 0 Å². The normalized spacial score (nSPS) is 14.5. The summed E-state index contributed by atoms with van der Waals surface area (Å²) in [5.74, 6) is 1.77. The Hall–Kier alpha value is -0.0400. The summed E-state index contributed by atoms with van der Waals surface area (Å²) >= 11 is 0. The molecule has 0 aromatic rings. The van der Waals surface area contributed by atoms with Crippen LogP contribution in [-0.4, -0.2) is 13.1 Å². The van der Waals surface area contributed by atoms with Crippen molar-refractivity contribution >= 4 is 0 Å². The van der Waals surface area contributed by atoms with Crippen LogP contribution in [0.4, 0.5) is 0 Å². The van der Waals surface area contributed by atoms with Gasteiger partial charge in [-0.2, -0.15) is 0 Å². The number of nitrogens with one attached hydrogen (secondary N) is 1. The van der Waals surface area contributed by atoms with Crippen molar-refractivity contribution in [1.29, 1.82) is 0 Å². The maximum absolute atomic E-state index is 3.62. The predicted octanol–water partition coefficient (Wildman–Crippen LogP) is 5.79. The first kappa shape index (κ1) is 19.0. The van der Waals surface area contributed by atoms with E-state index in [9.17, 15) is 0 Å². The Kier molecular flexibility index (Phi) is 14.3. The molecule has 0 radical (unpaired) electrons. The molecule has 1 heteroatoms. The average Bonchev–Trinajstić information content (AvgIpc) is 2.41. The van der Waals surface area contributed by atoms with Gasteiger partial charge in [0.15, 0.2) is 0 Å². The van der Waals surface area contributed by atoms with E-state index in [0.29, 0.717) is 0 Å². The van der Waals surface area contributed by atoms with Gasteiger partial charge in [-0.1, -0.05) is 79.1 Å². The number of hydrogen-bond donors (Lipinski definition) is 1. The molecule has 0 aliphatic heterocycles. The van der Waals surface area contributed by atoms with Crippen molar-refractivity contribution in [3.8, 4) is 0 Å². The van der Waals surface area contributed by atoms with Gasteiger partial charge in [0.25, 0.3) is 0 Å². The summed E-state index contributed by atoms with van der Waals surface area (Å²) in [6.45, 7) is 11.8. The van der Waals surface area contributed by atoms with Crippen molar-refractivity contribution in [3.63, 3.8) is 0 Å². The lowest BCUT2D eigenvalue weighted by Crippen LogP contribution is -2.20. The number of unbranched alkanes of at least 4 members (excludes halogenated alkanes) is 6. The molecule has 0 saturated carbocycles. The third kappa shape index (κ3) is 12.7. The minimum atomic E-state index is 0.876. The first-order valence-electron chi connectivity index (χ1n) is 8.93. The maximum atomic E-state index is 3.62. The molecule has 0 amide bonds. The number of hydrogen-bond acceptors (Lipinski definition) is 1. The second-order valence-corrected chi connectivity index (χ2v) is 6.40. The Morgan fingerprint density at radius 3 is 1.84 bits per heavy atom. The van der Waals surface area contributed by atoms with Gasteiger partial charge < -0.3 is 5.32 Å². The van der Waals surface area contributed by atoms with Gasteiger partial charge in [0.2, 0.25) is 0 Å². The number of rotatable bonds is 14. The molecular formula is C18H39N. The zero-order valence-electron chi connectivity index (χ0n) is 14.1. The monoisotopic (exact) mass is 269 g/mol. The van der Waals surface area contributed by atoms with Crippen LogP contribution in [0.5, 0.6) is 0 Å². The van der Waals surface area contributed by atoms with Crippen LogP contribution in [0.25, 0.3) is 0 Å². The van der Waals surface area contributed by atoms with Crippen molar-refractivity contribution < 1.29 is 0 Å². The standard InChI is InChI=1S/C18H39N/c1-5-7-8-9-10-11-12-15-19-16-14-18(4)17(3)13-6-2/h17-19H,5-16H2,1-4H3. The minimum Gasteiger partial charge on any atom is -0.317 e. The van der Waals surface area contributed by atoms with Gasteiger partial charge in [-0.25, -0.2) is 0 Å². The van der Waals surface area contributed by atoms with Crippen LogP contribution in [0.2, 0.25) is 0 Å². The Bertz CT molecular complexity index is 167. The van der Waals surface area contributed by atoms with E-state index in [1.807, 2.05) is 0 Å². The van der Waals surface area contributed by atoms with E-state index in [-0.39, 0.29) is 0 Å². The molecule has 1 N–H and O–H groups in total. The summed E-state index contributed by atoms with van der Waals surface area (Å²) in [4.78, 5) is 0. The van der Waals surface area contributed by atoms with Gasteiger partial charge in [-0.05, 0) is 37.8 Å². The van der Waals surface area contributed by atoms with Gasteiger partial charge in [-0.3, -0.25) is 0 Å². The van der Waals surface area contributed by atoms with Gasteiger partial charge >= 0.3 is 0 Å². The van der Waals surface area contributed by atoms with Crippen LogP contribution in [0.3, 0.4) is 0 Å². The summed E-state index contributed by atoms with van der Waals surface area (Å²) in [6, 6.07) is 0. The largest absolute Gasteiger partial charge is 0.317 e. The van der Waals surface area contributed by atoms with E-state index in [2.05, 4.69) is 33.0 Å². The van der Waals surface area contributed by atoms with E-state index in [4.69, 9.17) is 0 Å². The van der Waals surface area contributed by atoms with E-state index in [1.165, 1.54) is 77.3 Å². The Labute approximate surface area is 122 Å². The van der Waals surface area contributed by atoms with Crippen LogP contribution in [0, 0.1) is 11.8 Å². The van der Waals surface area contributed by atoms with Crippen molar-refractivity contribution in [3.05, 3.63) is 0 Å². The summed E-state index contributed by atoms with van der Waals surface area (Å²) in [7, 11) is 0.